The first kappa shape index (κ1) is 14.8. The zero-order valence-corrected chi connectivity index (χ0v) is 13.1. The molecule has 0 aromatic heterocycles. The second kappa shape index (κ2) is 6.78. The van der Waals surface area contributed by atoms with Crippen molar-refractivity contribution in [2.24, 2.45) is 0 Å². The molecule has 0 N–H and O–H groups in total. The molecule has 1 aliphatic heterocycles. The van der Waals surface area contributed by atoms with Crippen molar-refractivity contribution < 1.29 is 4.79 Å². The van der Waals surface area contributed by atoms with Crippen molar-refractivity contribution in [2.45, 2.75) is 38.1 Å². The summed E-state index contributed by atoms with van der Waals surface area (Å²) in [7, 11) is 0. The van der Waals surface area contributed by atoms with E-state index in [0.717, 1.165) is 30.5 Å². The van der Waals surface area contributed by atoms with Crippen LogP contribution in [0.25, 0.3) is 0 Å². The standard InChI is InChI=1S/C20H23NO/c1-16-10-8-9-15-21(16)20(22)19(17-11-4-2-5-12-17)18-13-6-3-7-14-18/h2-7,11-14,16,19H,8-10,15H2,1H3/t16-/m1/s1. The van der Waals surface area contributed by atoms with E-state index in [1.165, 1.54) is 6.42 Å². The molecular formula is C20H23NO. The first-order valence-corrected chi connectivity index (χ1v) is 8.18. The molecule has 0 aliphatic carbocycles. The van der Waals surface area contributed by atoms with E-state index in [1.807, 2.05) is 36.4 Å². The number of rotatable bonds is 3. The number of hydrogen-bond donors (Lipinski definition) is 0. The molecule has 1 amide bonds. The largest absolute Gasteiger partial charge is 0.339 e. The minimum absolute atomic E-state index is 0.192. The first-order valence-electron chi connectivity index (χ1n) is 8.18. The maximum atomic E-state index is 13.2. The van der Waals surface area contributed by atoms with Crippen LogP contribution in [-0.2, 0) is 4.79 Å². The molecule has 0 unspecified atom stereocenters. The van der Waals surface area contributed by atoms with Crippen molar-refractivity contribution in [1.82, 2.24) is 4.90 Å². The lowest BCUT2D eigenvalue weighted by atomic mass is 9.88. The van der Waals surface area contributed by atoms with Gasteiger partial charge in [-0.05, 0) is 37.3 Å². The lowest BCUT2D eigenvalue weighted by molar-refractivity contribution is -0.135. The van der Waals surface area contributed by atoms with E-state index in [9.17, 15) is 4.79 Å². The highest BCUT2D eigenvalue weighted by molar-refractivity contribution is 5.87. The zero-order valence-electron chi connectivity index (χ0n) is 13.1. The maximum Gasteiger partial charge on any atom is 0.234 e. The predicted molar refractivity (Wildman–Crippen MR) is 89.8 cm³/mol. The summed E-state index contributed by atoms with van der Waals surface area (Å²) in [4.78, 5) is 15.3. The molecule has 2 aromatic carbocycles. The molecule has 114 valence electrons. The molecule has 0 saturated carbocycles. The van der Waals surface area contributed by atoms with Gasteiger partial charge in [-0.3, -0.25) is 4.79 Å². The predicted octanol–water partition coefficient (Wildman–Crippen LogP) is 4.22. The molecule has 0 spiro atoms. The Balaban J connectivity index is 1.97. The van der Waals surface area contributed by atoms with Crippen LogP contribution in [0.2, 0.25) is 0 Å². The van der Waals surface area contributed by atoms with Crippen molar-refractivity contribution in [3.8, 4) is 0 Å². The van der Waals surface area contributed by atoms with Crippen LogP contribution in [0.5, 0.6) is 0 Å². The number of amides is 1. The van der Waals surface area contributed by atoms with E-state index in [2.05, 4.69) is 36.1 Å². The first-order chi connectivity index (χ1) is 10.8. The summed E-state index contributed by atoms with van der Waals surface area (Å²) in [5.41, 5.74) is 2.16. The number of carbonyl (C=O) groups excluding carboxylic acids is 1. The Morgan fingerprint density at radius 3 is 2.00 bits per heavy atom. The van der Waals surface area contributed by atoms with Gasteiger partial charge in [-0.25, -0.2) is 0 Å². The summed E-state index contributed by atoms with van der Waals surface area (Å²) in [5, 5.41) is 0. The molecule has 0 bridgehead atoms. The van der Waals surface area contributed by atoms with E-state index in [4.69, 9.17) is 0 Å². The van der Waals surface area contributed by atoms with Gasteiger partial charge in [-0.1, -0.05) is 60.7 Å². The van der Waals surface area contributed by atoms with Crippen LogP contribution in [0.4, 0.5) is 0 Å². The molecular weight excluding hydrogens is 270 g/mol. The van der Waals surface area contributed by atoms with Gasteiger partial charge in [-0.2, -0.15) is 0 Å². The van der Waals surface area contributed by atoms with Gasteiger partial charge in [0.05, 0.1) is 5.92 Å². The fourth-order valence-electron chi connectivity index (χ4n) is 3.36. The number of likely N-dealkylation sites (tertiary alicyclic amines) is 1. The highest BCUT2D eigenvalue weighted by Gasteiger charge is 2.31. The van der Waals surface area contributed by atoms with Crippen molar-refractivity contribution in [2.75, 3.05) is 6.54 Å². The third kappa shape index (κ3) is 3.06. The number of nitrogens with zero attached hydrogens (tertiary/aromatic N) is 1. The Morgan fingerprint density at radius 2 is 1.50 bits per heavy atom. The van der Waals surface area contributed by atoms with Crippen LogP contribution in [0, 0.1) is 0 Å². The Kier molecular flexibility index (Phi) is 4.57. The number of carbonyl (C=O) groups is 1. The summed E-state index contributed by atoms with van der Waals surface area (Å²) in [6, 6.07) is 20.6. The number of piperidine rings is 1. The van der Waals surface area contributed by atoms with Crippen LogP contribution in [0.1, 0.15) is 43.2 Å². The Bertz CT molecular complexity index is 569. The Labute approximate surface area is 132 Å². The van der Waals surface area contributed by atoms with E-state index < -0.39 is 0 Å². The summed E-state index contributed by atoms with van der Waals surface area (Å²) >= 11 is 0. The molecule has 22 heavy (non-hydrogen) atoms. The van der Waals surface area contributed by atoms with Gasteiger partial charge in [0.1, 0.15) is 0 Å². The molecule has 2 heteroatoms. The zero-order chi connectivity index (χ0) is 15.4. The van der Waals surface area contributed by atoms with E-state index in [0.29, 0.717) is 6.04 Å². The van der Waals surface area contributed by atoms with Gasteiger partial charge in [0.15, 0.2) is 0 Å². The minimum atomic E-state index is -0.192. The van der Waals surface area contributed by atoms with Gasteiger partial charge in [0.25, 0.3) is 0 Å². The van der Waals surface area contributed by atoms with Gasteiger partial charge in [0.2, 0.25) is 5.91 Å². The minimum Gasteiger partial charge on any atom is -0.339 e. The Hall–Kier alpha value is -2.09. The van der Waals surface area contributed by atoms with Crippen LogP contribution < -0.4 is 0 Å². The molecule has 1 fully saturated rings. The SMILES string of the molecule is C[C@@H]1CCCCN1C(=O)C(c1ccccc1)c1ccccc1. The van der Waals surface area contributed by atoms with E-state index >= 15 is 0 Å². The number of benzene rings is 2. The lowest BCUT2D eigenvalue weighted by Gasteiger charge is -2.36. The fraction of sp³-hybridized carbons (Fsp3) is 0.350. The number of hydrogen-bond acceptors (Lipinski definition) is 1. The summed E-state index contributed by atoms with van der Waals surface area (Å²) in [5.74, 6) is 0.0487. The second-order valence-corrected chi connectivity index (χ2v) is 6.13. The average molecular weight is 293 g/mol. The normalized spacial score (nSPS) is 18.5. The summed E-state index contributed by atoms with van der Waals surface area (Å²) < 4.78 is 0. The molecule has 1 heterocycles. The monoisotopic (exact) mass is 293 g/mol. The third-order valence-electron chi connectivity index (χ3n) is 4.60. The van der Waals surface area contributed by atoms with E-state index in [-0.39, 0.29) is 11.8 Å². The summed E-state index contributed by atoms with van der Waals surface area (Å²) in [6.45, 7) is 3.06. The topological polar surface area (TPSA) is 20.3 Å². The van der Waals surface area contributed by atoms with Gasteiger partial charge in [0, 0.05) is 12.6 Å². The fourth-order valence-corrected chi connectivity index (χ4v) is 3.36. The Morgan fingerprint density at radius 1 is 0.955 bits per heavy atom. The summed E-state index contributed by atoms with van der Waals surface area (Å²) in [6.07, 6.45) is 3.46. The van der Waals surface area contributed by atoms with Crippen LogP contribution in [-0.4, -0.2) is 23.4 Å². The quantitative estimate of drug-likeness (QED) is 0.829. The third-order valence-corrected chi connectivity index (χ3v) is 4.60. The van der Waals surface area contributed by atoms with Crippen molar-refractivity contribution in [1.29, 1.82) is 0 Å². The molecule has 2 aromatic rings. The van der Waals surface area contributed by atoms with Crippen molar-refractivity contribution in [3.05, 3.63) is 71.8 Å². The van der Waals surface area contributed by atoms with Crippen LogP contribution in [0.15, 0.2) is 60.7 Å². The van der Waals surface area contributed by atoms with Gasteiger partial charge < -0.3 is 4.90 Å². The molecule has 1 atom stereocenters. The van der Waals surface area contributed by atoms with Gasteiger partial charge >= 0.3 is 0 Å². The molecule has 3 rings (SSSR count). The molecule has 1 aliphatic rings. The highest BCUT2D eigenvalue weighted by atomic mass is 16.2. The second-order valence-electron chi connectivity index (χ2n) is 6.13. The molecule has 2 nitrogen and oxygen atoms in total. The van der Waals surface area contributed by atoms with Gasteiger partial charge in [-0.15, -0.1) is 0 Å². The smallest absolute Gasteiger partial charge is 0.234 e. The van der Waals surface area contributed by atoms with Crippen molar-refractivity contribution >= 4 is 5.91 Å². The maximum absolute atomic E-state index is 13.2. The lowest BCUT2D eigenvalue weighted by Crippen LogP contribution is -2.44. The molecule has 1 saturated heterocycles. The average Bonchev–Trinajstić information content (AvgIpc) is 2.57. The highest BCUT2D eigenvalue weighted by Crippen LogP contribution is 2.29. The molecule has 0 radical (unpaired) electrons. The van der Waals surface area contributed by atoms with E-state index in [1.54, 1.807) is 0 Å². The van der Waals surface area contributed by atoms with Crippen molar-refractivity contribution in [3.63, 3.8) is 0 Å². The van der Waals surface area contributed by atoms with Crippen LogP contribution >= 0.6 is 0 Å². The van der Waals surface area contributed by atoms with Crippen LogP contribution in [0.3, 0.4) is 0 Å².